The number of fused-ring (bicyclic) bond motifs is 2. The van der Waals surface area contributed by atoms with E-state index in [2.05, 4.69) is 29.1 Å². The van der Waals surface area contributed by atoms with E-state index in [9.17, 15) is 9.59 Å². The Morgan fingerprint density at radius 3 is 2.79 bits per heavy atom. The minimum absolute atomic E-state index is 0.143. The Bertz CT molecular complexity index is 1220. The number of aromatic nitrogens is 3. The Hall–Kier alpha value is -3.41. The number of para-hydroxylation sites is 1. The van der Waals surface area contributed by atoms with Crippen molar-refractivity contribution in [2.45, 2.75) is 26.8 Å². The van der Waals surface area contributed by atoms with Gasteiger partial charge in [0, 0.05) is 30.2 Å². The predicted molar refractivity (Wildman–Crippen MR) is 109 cm³/mol. The van der Waals surface area contributed by atoms with Gasteiger partial charge >= 0.3 is 0 Å². The Morgan fingerprint density at radius 1 is 1.18 bits per heavy atom. The van der Waals surface area contributed by atoms with Crippen molar-refractivity contribution in [2.24, 2.45) is 5.92 Å². The van der Waals surface area contributed by atoms with Gasteiger partial charge in [0.25, 0.3) is 11.5 Å². The molecule has 0 aliphatic carbocycles. The fraction of sp³-hybridized carbons (Fsp3) is 0.227. The molecule has 0 aliphatic heterocycles. The highest BCUT2D eigenvalue weighted by Crippen LogP contribution is 2.16. The third-order valence-electron chi connectivity index (χ3n) is 4.70. The molecule has 1 amide bonds. The minimum atomic E-state index is -0.286. The van der Waals surface area contributed by atoms with Crippen LogP contribution < -0.4 is 10.9 Å². The summed E-state index contributed by atoms with van der Waals surface area (Å²) in [4.78, 5) is 32.5. The van der Waals surface area contributed by atoms with E-state index in [4.69, 9.17) is 0 Å². The summed E-state index contributed by atoms with van der Waals surface area (Å²) < 4.78 is 1.96. The van der Waals surface area contributed by atoms with Crippen LogP contribution in [0.5, 0.6) is 0 Å². The predicted octanol–water partition coefficient (Wildman–Crippen LogP) is 3.30. The number of imidazole rings is 1. The van der Waals surface area contributed by atoms with Crippen LogP contribution in [0.3, 0.4) is 0 Å². The topological polar surface area (TPSA) is 79.3 Å². The molecule has 28 heavy (non-hydrogen) atoms. The van der Waals surface area contributed by atoms with Gasteiger partial charge in [0.2, 0.25) is 0 Å². The van der Waals surface area contributed by atoms with Gasteiger partial charge < -0.3 is 14.7 Å². The van der Waals surface area contributed by atoms with Gasteiger partial charge in [-0.2, -0.15) is 0 Å². The highest BCUT2D eigenvalue weighted by Gasteiger charge is 2.18. The highest BCUT2D eigenvalue weighted by molar-refractivity contribution is 5.99. The van der Waals surface area contributed by atoms with Gasteiger partial charge in [-0.15, -0.1) is 0 Å². The van der Waals surface area contributed by atoms with Crippen molar-refractivity contribution in [2.75, 3.05) is 0 Å². The lowest BCUT2D eigenvalue weighted by atomic mass is 10.1. The van der Waals surface area contributed by atoms with E-state index in [0.717, 1.165) is 28.7 Å². The van der Waals surface area contributed by atoms with E-state index < -0.39 is 0 Å². The fourth-order valence-electron chi connectivity index (χ4n) is 3.36. The van der Waals surface area contributed by atoms with Crippen molar-refractivity contribution in [3.63, 3.8) is 0 Å². The number of rotatable bonds is 5. The van der Waals surface area contributed by atoms with Crippen LogP contribution in [0.1, 0.15) is 35.7 Å². The molecule has 0 spiro atoms. The molecule has 0 atom stereocenters. The first kappa shape index (κ1) is 18.0. The quantitative estimate of drug-likeness (QED) is 0.562. The molecule has 3 heterocycles. The molecule has 0 saturated carbocycles. The number of nitrogens with one attached hydrogen (secondary N) is 2. The number of carbonyl (C=O) groups is 1. The Labute approximate surface area is 162 Å². The molecule has 4 rings (SSSR count). The van der Waals surface area contributed by atoms with Crippen LogP contribution >= 0.6 is 0 Å². The van der Waals surface area contributed by atoms with E-state index >= 15 is 0 Å². The molecule has 0 unspecified atom stereocenters. The van der Waals surface area contributed by atoms with Crippen molar-refractivity contribution in [1.82, 2.24) is 19.7 Å². The largest absolute Gasteiger partial charge is 0.346 e. The summed E-state index contributed by atoms with van der Waals surface area (Å²) in [6.07, 6.45) is 2.70. The first-order chi connectivity index (χ1) is 13.5. The second-order valence-corrected chi connectivity index (χ2v) is 7.32. The number of benzene rings is 1. The maximum Gasteiger partial charge on any atom is 0.272 e. The van der Waals surface area contributed by atoms with Crippen LogP contribution in [0.25, 0.3) is 16.4 Å². The molecular formula is C22H22N4O2. The molecule has 0 bridgehead atoms. The van der Waals surface area contributed by atoms with Crippen molar-refractivity contribution in [3.8, 4) is 0 Å². The second kappa shape index (κ2) is 7.31. The van der Waals surface area contributed by atoms with Crippen LogP contribution in [0.2, 0.25) is 0 Å². The monoisotopic (exact) mass is 374 g/mol. The molecule has 6 heteroatoms. The maximum atomic E-state index is 12.8. The van der Waals surface area contributed by atoms with Crippen molar-refractivity contribution >= 4 is 22.3 Å². The molecule has 0 radical (unpaired) electrons. The molecule has 4 aromatic rings. The smallest absolute Gasteiger partial charge is 0.272 e. The Morgan fingerprint density at radius 2 is 1.96 bits per heavy atom. The number of aromatic amines is 1. The Balaban J connectivity index is 1.61. The average molecular weight is 374 g/mol. The number of amides is 1. The number of pyridine rings is 2. The van der Waals surface area contributed by atoms with Gasteiger partial charge in [0.05, 0.1) is 5.52 Å². The zero-order chi connectivity index (χ0) is 19.7. The van der Waals surface area contributed by atoms with E-state index in [-0.39, 0.29) is 18.0 Å². The van der Waals surface area contributed by atoms with E-state index in [0.29, 0.717) is 17.2 Å². The van der Waals surface area contributed by atoms with E-state index in [1.165, 1.54) is 0 Å². The molecule has 0 aliphatic rings. The second-order valence-electron chi connectivity index (χ2n) is 7.32. The van der Waals surface area contributed by atoms with Gasteiger partial charge in [-0.1, -0.05) is 38.1 Å². The summed E-state index contributed by atoms with van der Waals surface area (Å²) in [7, 11) is 0. The first-order valence-corrected chi connectivity index (χ1v) is 9.38. The van der Waals surface area contributed by atoms with Crippen LogP contribution in [0.15, 0.2) is 59.5 Å². The summed E-state index contributed by atoms with van der Waals surface area (Å²) >= 11 is 0. The average Bonchev–Trinajstić information content (AvgIpc) is 3.04. The molecule has 0 fully saturated rings. The summed E-state index contributed by atoms with van der Waals surface area (Å²) in [6, 6.07) is 15.1. The molecule has 2 N–H and O–H groups in total. The summed E-state index contributed by atoms with van der Waals surface area (Å²) in [5, 5.41) is 3.77. The number of hydrogen-bond donors (Lipinski definition) is 2. The molecule has 0 saturated heterocycles. The SMILES string of the molecule is CC(C)Cc1nc(C(=O)NCc2cc3ccccc3[nH]c2=O)c2ccccn12. The molecule has 3 aromatic heterocycles. The highest BCUT2D eigenvalue weighted by atomic mass is 16.2. The van der Waals surface area contributed by atoms with E-state index in [1.807, 2.05) is 59.1 Å². The lowest BCUT2D eigenvalue weighted by Gasteiger charge is -2.05. The normalized spacial score (nSPS) is 11.4. The molecule has 1 aromatic carbocycles. The van der Waals surface area contributed by atoms with Crippen molar-refractivity contribution < 1.29 is 4.79 Å². The van der Waals surface area contributed by atoms with Gasteiger partial charge in [0.15, 0.2) is 5.69 Å². The molecule has 142 valence electrons. The zero-order valence-corrected chi connectivity index (χ0v) is 15.9. The molecule has 6 nitrogen and oxygen atoms in total. The number of hydrogen-bond acceptors (Lipinski definition) is 3. The van der Waals surface area contributed by atoms with Gasteiger partial charge in [-0.3, -0.25) is 9.59 Å². The number of carbonyl (C=O) groups excluding carboxylic acids is 1. The lowest BCUT2D eigenvalue weighted by molar-refractivity contribution is 0.0948. The minimum Gasteiger partial charge on any atom is -0.346 e. The maximum absolute atomic E-state index is 12.8. The number of H-pyrrole nitrogens is 1. The zero-order valence-electron chi connectivity index (χ0n) is 15.9. The third-order valence-corrected chi connectivity index (χ3v) is 4.70. The van der Waals surface area contributed by atoms with Gasteiger partial charge in [0.1, 0.15) is 5.82 Å². The van der Waals surface area contributed by atoms with Gasteiger partial charge in [-0.25, -0.2) is 4.98 Å². The first-order valence-electron chi connectivity index (χ1n) is 9.38. The fourth-order valence-corrected chi connectivity index (χ4v) is 3.36. The van der Waals surface area contributed by atoms with Crippen LogP contribution in [-0.2, 0) is 13.0 Å². The lowest BCUT2D eigenvalue weighted by Crippen LogP contribution is -2.27. The third kappa shape index (κ3) is 3.41. The van der Waals surface area contributed by atoms with Crippen LogP contribution in [-0.4, -0.2) is 20.3 Å². The standard InChI is InChI=1S/C22H22N4O2/c1-14(2)11-19-25-20(18-9-5-6-10-26(18)19)22(28)23-13-16-12-15-7-3-4-8-17(15)24-21(16)27/h3-10,12,14H,11,13H2,1-2H3,(H,23,28)(H,24,27). The summed E-state index contributed by atoms with van der Waals surface area (Å²) in [6.45, 7) is 4.38. The van der Waals surface area contributed by atoms with Crippen molar-refractivity contribution in [1.29, 1.82) is 0 Å². The van der Waals surface area contributed by atoms with Crippen molar-refractivity contribution in [3.05, 3.63) is 82.2 Å². The molecular weight excluding hydrogens is 352 g/mol. The van der Waals surface area contributed by atoms with E-state index in [1.54, 1.807) is 0 Å². The summed E-state index contributed by atoms with van der Waals surface area (Å²) in [5.41, 5.74) is 2.24. The number of nitrogens with zero attached hydrogens (tertiary/aromatic N) is 2. The Kier molecular flexibility index (Phi) is 4.69. The van der Waals surface area contributed by atoms with Gasteiger partial charge in [-0.05, 0) is 35.6 Å². The van der Waals surface area contributed by atoms with Crippen LogP contribution in [0, 0.1) is 5.92 Å². The summed E-state index contributed by atoms with van der Waals surface area (Å²) in [5.74, 6) is 1.00. The van der Waals surface area contributed by atoms with Crippen LogP contribution in [0.4, 0.5) is 0 Å².